The lowest BCUT2D eigenvalue weighted by atomic mass is 9.94. The number of nitrogens with zero attached hydrogens (tertiary/aromatic N) is 1. The molecule has 6 heteroatoms. The summed E-state index contributed by atoms with van der Waals surface area (Å²) in [5.41, 5.74) is 0.797. The number of ketones is 1. The lowest BCUT2D eigenvalue weighted by Crippen LogP contribution is -2.34. The van der Waals surface area contributed by atoms with Crippen LogP contribution in [0.1, 0.15) is 38.8 Å². The van der Waals surface area contributed by atoms with Gasteiger partial charge in [0.1, 0.15) is 5.75 Å². The zero-order valence-corrected chi connectivity index (χ0v) is 15.1. The molecular weight excluding hydrogens is 322 g/mol. The molecule has 0 radical (unpaired) electrons. The molecule has 25 heavy (non-hydrogen) atoms. The van der Waals surface area contributed by atoms with E-state index >= 15 is 0 Å². The summed E-state index contributed by atoms with van der Waals surface area (Å²) in [6.07, 6.45) is 0.231. The van der Waals surface area contributed by atoms with Crippen molar-refractivity contribution in [1.82, 2.24) is 4.90 Å². The molecule has 0 spiro atoms. The summed E-state index contributed by atoms with van der Waals surface area (Å²) in [6.45, 7) is 6.10. The van der Waals surface area contributed by atoms with Crippen molar-refractivity contribution in [3.63, 3.8) is 0 Å². The Kier molecular flexibility index (Phi) is 6.20. The van der Waals surface area contributed by atoms with E-state index in [2.05, 4.69) is 0 Å². The van der Waals surface area contributed by atoms with E-state index in [4.69, 9.17) is 9.47 Å². The van der Waals surface area contributed by atoms with Crippen LogP contribution < -0.4 is 4.74 Å². The van der Waals surface area contributed by atoms with Crippen molar-refractivity contribution in [2.45, 2.75) is 39.3 Å². The quantitative estimate of drug-likeness (QED) is 0.782. The molecule has 1 atom stereocenters. The first kappa shape index (κ1) is 19.0. The molecule has 0 aromatic heterocycles. The number of hydrogen-bond donors (Lipinski definition) is 1. The van der Waals surface area contributed by atoms with Gasteiger partial charge in [-0.15, -0.1) is 0 Å². The Bertz CT molecular complexity index is 680. The fourth-order valence-corrected chi connectivity index (χ4v) is 2.96. The maximum Gasteiger partial charge on any atom is 0.290 e. The van der Waals surface area contributed by atoms with Crippen LogP contribution in [0.15, 0.2) is 35.6 Å². The summed E-state index contributed by atoms with van der Waals surface area (Å²) >= 11 is 0. The second kappa shape index (κ2) is 8.16. The second-order valence-electron chi connectivity index (χ2n) is 6.10. The van der Waals surface area contributed by atoms with E-state index in [1.807, 2.05) is 26.0 Å². The third-order valence-corrected chi connectivity index (χ3v) is 4.14. The molecular formula is C19H25NO5. The number of Topliss-reactive ketones (excluding diaryl/α,β-unsaturated/α-hetero) is 1. The van der Waals surface area contributed by atoms with E-state index < -0.39 is 17.7 Å². The minimum absolute atomic E-state index is 0.0284. The minimum Gasteiger partial charge on any atom is -0.503 e. The van der Waals surface area contributed by atoms with Gasteiger partial charge in [-0.1, -0.05) is 25.1 Å². The number of carbonyl (C=O) groups excluding carboxylic acids is 2. The highest BCUT2D eigenvalue weighted by atomic mass is 16.5. The third kappa shape index (κ3) is 3.85. The molecule has 1 amide bonds. The number of aliphatic hydroxyl groups is 1. The largest absolute Gasteiger partial charge is 0.503 e. The number of hydrogen-bond acceptors (Lipinski definition) is 5. The van der Waals surface area contributed by atoms with Gasteiger partial charge in [-0.25, -0.2) is 0 Å². The highest BCUT2D eigenvalue weighted by molar-refractivity contribution is 6.08. The molecule has 136 valence electrons. The first-order valence-electron chi connectivity index (χ1n) is 8.44. The molecule has 0 fully saturated rings. The maximum atomic E-state index is 12.6. The number of rotatable bonds is 8. The summed E-state index contributed by atoms with van der Waals surface area (Å²) in [5.74, 6) is -0.729. The van der Waals surface area contributed by atoms with Gasteiger partial charge in [0.25, 0.3) is 5.91 Å². The monoisotopic (exact) mass is 347 g/mol. The number of carbonyl (C=O) groups is 2. The average Bonchev–Trinajstić information content (AvgIpc) is 2.85. The molecule has 0 saturated carbocycles. The molecule has 2 rings (SSSR count). The number of para-hydroxylation sites is 1. The molecule has 6 nitrogen and oxygen atoms in total. The third-order valence-electron chi connectivity index (χ3n) is 4.14. The predicted octanol–water partition coefficient (Wildman–Crippen LogP) is 2.79. The van der Waals surface area contributed by atoms with E-state index in [-0.39, 0.29) is 30.4 Å². The second-order valence-corrected chi connectivity index (χ2v) is 6.10. The molecule has 1 aromatic rings. The van der Waals surface area contributed by atoms with Crippen molar-refractivity contribution in [2.75, 3.05) is 20.3 Å². The maximum absolute atomic E-state index is 12.6. The predicted molar refractivity (Wildman–Crippen MR) is 93.5 cm³/mol. The van der Waals surface area contributed by atoms with Gasteiger partial charge in [-0.2, -0.15) is 0 Å². The number of methoxy groups -OCH3 is 1. The van der Waals surface area contributed by atoms with Gasteiger partial charge < -0.3 is 19.5 Å². The highest BCUT2D eigenvalue weighted by Gasteiger charge is 2.43. The number of aliphatic hydroxyl groups excluding tert-OH is 1. The van der Waals surface area contributed by atoms with Crippen LogP contribution in [0.3, 0.4) is 0 Å². The topological polar surface area (TPSA) is 76.1 Å². The Morgan fingerprint density at radius 1 is 1.32 bits per heavy atom. The van der Waals surface area contributed by atoms with Crippen LogP contribution in [0.4, 0.5) is 0 Å². The van der Waals surface area contributed by atoms with Crippen LogP contribution in [0, 0.1) is 0 Å². The first-order valence-corrected chi connectivity index (χ1v) is 8.44. The van der Waals surface area contributed by atoms with Gasteiger partial charge >= 0.3 is 0 Å². The number of amides is 1. The zero-order chi connectivity index (χ0) is 18.6. The Morgan fingerprint density at radius 3 is 2.60 bits per heavy atom. The van der Waals surface area contributed by atoms with Gasteiger partial charge in [0, 0.05) is 18.5 Å². The van der Waals surface area contributed by atoms with Crippen LogP contribution in [-0.2, 0) is 14.3 Å². The van der Waals surface area contributed by atoms with Crippen molar-refractivity contribution in [3.05, 3.63) is 41.2 Å². The Labute approximate surface area is 148 Å². The molecule has 0 aliphatic carbocycles. The van der Waals surface area contributed by atoms with Crippen LogP contribution in [0.25, 0.3) is 0 Å². The van der Waals surface area contributed by atoms with Crippen LogP contribution in [0.2, 0.25) is 0 Å². The van der Waals surface area contributed by atoms with E-state index in [9.17, 15) is 14.7 Å². The Balaban J connectivity index is 2.45. The number of benzene rings is 1. The molecule has 1 unspecified atom stereocenters. The molecule has 1 aliphatic rings. The van der Waals surface area contributed by atoms with E-state index in [0.29, 0.717) is 17.9 Å². The average molecular weight is 347 g/mol. The Morgan fingerprint density at radius 2 is 2.00 bits per heavy atom. The van der Waals surface area contributed by atoms with Crippen molar-refractivity contribution in [1.29, 1.82) is 0 Å². The van der Waals surface area contributed by atoms with Crippen molar-refractivity contribution in [3.8, 4) is 5.75 Å². The molecule has 1 N–H and O–H groups in total. The van der Waals surface area contributed by atoms with Crippen LogP contribution >= 0.6 is 0 Å². The van der Waals surface area contributed by atoms with Crippen molar-refractivity contribution in [2.24, 2.45) is 0 Å². The smallest absolute Gasteiger partial charge is 0.290 e. The van der Waals surface area contributed by atoms with Crippen LogP contribution in [-0.4, -0.2) is 48.1 Å². The Hall–Kier alpha value is -2.34. The summed E-state index contributed by atoms with van der Waals surface area (Å²) in [6, 6.07) is 6.53. The molecule has 0 saturated heterocycles. The first-order chi connectivity index (χ1) is 11.9. The van der Waals surface area contributed by atoms with Gasteiger partial charge in [0.2, 0.25) is 0 Å². The van der Waals surface area contributed by atoms with Gasteiger partial charge in [0.15, 0.2) is 11.5 Å². The van der Waals surface area contributed by atoms with Crippen LogP contribution in [0.5, 0.6) is 5.75 Å². The minimum atomic E-state index is -0.674. The number of ether oxygens (including phenoxy) is 2. The fraction of sp³-hybridized carbons (Fsp3) is 0.474. The van der Waals surface area contributed by atoms with Gasteiger partial charge in [0.05, 0.1) is 31.4 Å². The lowest BCUT2D eigenvalue weighted by Gasteiger charge is -2.28. The normalized spacial score (nSPS) is 17.6. The SMILES string of the molecule is CCC(=O)C1=C(O)C(=O)N(CCOC(C)C)C1c1ccccc1OC. The summed E-state index contributed by atoms with van der Waals surface area (Å²) in [5, 5.41) is 10.3. The van der Waals surface area contributed by atoms with Gasteiger partial charge in [-0.3, -0.25) is 9.59 Å². The van der Waals surface area contributed by atoms with Crippen molar-refractivity contribution >= 4 is 11.7 Å². The fourth-order valence-electron chi connectivity index (χ4n) is 2.96. The van der Waals surface area contributed by atoms with E-state index in [1.165, 1.54) is 12.0 Å². The van der Waals surface area contributed by atoms with Gasteiger partial charge in [-0.05, 0) is 19.9 Å². The van der Waals surface area contributed by atoms with E-state index in [1.54, 1.807) is 19.1 Å². The van der Waals surface area contributed by atoms with Crippen molar-refractivity contribution < 1.29 is 24.2 Å². The highest BCUT2D eigenvalue weighted by Crippen LogP contribution is 2.41. The molecule has 1 heterocycles. The summed E-state index contributed by atoms with van der Waals surface area (Å²) < 4.78 is 10.9. The molecule has 0 bridgehead atoms. The summed E-state index contributed by atoms with van der Waals surface area (Å²) in [7, 11) is 1.53. The molecule has 1 aliphatic heterocycles. The lowest BCUT2D eigenvalue weighted by molar-refractivity contribution is -0.130. The summed E-state index contributed by atoms with van der Waals surface area (Å²) in [4.78, 5) is 26.4. The van der Waals surface area contributed by atoms with E-state index in [0.717, 1.165) is 0 Å². The zero-order valence-electron chi connectivity index (χ0n) is 15.1. The standard InChI is InChI=1S/C19H25NO5/c1-5-14(21)16-17(13-8-6-7-9-15(13)24-4)20(19(23)18(16)22)10-11-25-12(2)3/h6-9,12,17,22H,5,10-11H2,1-4H3. The molecule has 1 aromatic carbocycles.